The third-order valence-corrected chi connectivity index (χ3v) is 4.52. The van der Waals surface area contributed by atoms with Gasteiger partial charge in [0.15, 0.2) is 11.5 Å². The predicted octanol–water partition coefficient (Wildman–Crippen LogP) is 3.86. The molecule has 0 radical (unpaired) electrons. The molecule has 7 heteroatoms. The van der Waals surface area contributed by atoms with Gasteiger partial charge in [0.05, 0.1) is 0 Å². The van der Waals surface area contributed by atoms with E-state index < -0.39 is 5.97 Å². The van der Waals surface area contributed by atoms with E-state index in [1.54, 1.807) is 18.2 Å². The predicted molar refractivity (Wildman–Crippen MR) is 82.1 cm³/mol. The number of ketones is 1. The molecule has 5 nitrogen and oxygen atoms in total. The van der Waals surface area contributed by atoms with E-state index in [1.165, 1.54) is 11.8 Å². The maximum atomic E-state index is 12.9. The summed E-state index contributed by atoms with van der Waals surface area (Å²) in [6, 6.07) is 4.90. The zero-order valence-corrected chi connectivity index (χ0v) is 13.2. The first kappa shape index (κ1) is 15.1. The molecule has 0 bridgehead atoms. The molecule has 22 heavy (non-hydrogen) atoms. The largest absolute Gasteiger partial charge is 0.476 e. The van der Waals surface area contributed by atoms with E-state index in [4.69, 9.17) is 16.1 Å². The van der Waals surface area contributed by atoms with Crippen molar-refractivity contribution in [1.29, 1.82) is 0 Å². The van der Waals surface area contributed by atoms with Gasteiger partial charge in [-0.2, -0.15) is 0 Å². The van der Waals surface area contributed by atoms with Crippen LogP contribution in [0, 0.1) is 0 Å². The summed E-state index contributed by atoms with van der Waals surface area (Å²) in [5.74, 6) is -1.19. The molecular weight excluding hydrogens is 326 g/mol. The molecule has 0 spiro atoms. The first-order chi connectivity index (χ1) is 10.5. The molecule has 3 rings (SSSR count). The van der Waals surface area contributed by atoms with Crippen LogP contribution in [0.2, 0.25) is 5.02 Å². The monoisotopic (exact) mass is 337 g/mol. The van der Waals surface area contributed by atoms with E-state index in [0.29, 0.717) is 21.2 Å². The third kappa shape index (κ3) is 2.64. The number of nitrogens with zero attached hydrogens (tertiary/aromatic N) is 1. The first-order valence-corrected chi connectivity index (χ1v) is 8.24. The lowest BCUT2D eigenvalue weighted by Gasteiger charge is -2.07. The van der Waals surface area contributed by atoms with E-state index in [1.807, 2.05) is 6.26 Å². The first-order valence-electron chi connectivity index (χ1n) is 6.64. The molecule has 1 aromatic carbocycles. The highest BCUT2D eigenvalue weighted by molar-refractivity contribution is 7.98. The maximum absolute atomic E-state index is 12.9. The summed E-state index contributed by atoms with van der Waals surface area (Å²) in [6.45, 7) is 0. The third-order valence-electron chi connectivity index (χ3n) is 3.50. The Morgan fingerprint density at radius 1 is 1.41 bits per heavy atom. The van der Waals surface area contributed by atoms with E-state index in [0.717, 1.165) is 12.8 Å². The number of carboxylic acids is 1. The molecule has 1 N–H and O–H groups in total. The molecular formula is C15H12ClNO4S. The second-order valence-corrected chi connectivity index (χ2v) is 6.31. The Morgan fingerprint density at radius 3 is 2.73 bits per heavy atom. The number of halogens is 1. The molecule has 0 aliphatic heterocycles. The number of benzene rings is 1. The Labute approximate surface area is 135 Å². The lowest BCUT2D eigenvalue weighted by atomic mass is 9.99. The van der Waals surface area contributed by atoms with Crippen LogP contribution in [-0.2, 0) is 0 Å². The summed E-state index contributed by atoms with van der Waals surface area (Å²) in [5.41, 5.74) is 0.144. The summed E-state index contributed by atoms with van der Waals surface area (Å²) >= 11 is 7.32. The van der Waals surface area contributed by atoms with Crippen molar-refractivity contribution in [3.05, 3.63) is 45.8 Å². The van der Waals surface area contributed by atoms with Gasteiger partial charge < -0.3 is 9.63 Å². The number of carboxylic acid groups (broad SMARTS) is 1. The summed E-state index contributed by atoms with van der Waals surface area (Å²) in [5, 5.41) is 13.3. The minimum Gasteiger partial charge on any atom is -0.476 e. The lowest BCUT2D eigenvalue weighted by Crippen LogP contribution is -2.11. The van der Waals surface area contributed by atoms with Crippen LogP contribution in [0.1, 0.15) is 50.9 Å². The Morgan fingerprint density at radius 2 is 2.14 bits per heavy atom. The van der Waals surface area contributed by atoms with E-state index >= 15 is 0 Å². The SMILES string of the molecule is CSc1cc(Cl)ccc1C(=O)c1c(C(=O)O)noc1C1CC1. The van der Waals surface area contributed by atoms with Crippen molar-refractivity contribution in [1.82, 2.24) is 5.16 Å². The normalized spacial score (nSPS) is 14.1. The lowest BCUT2D eigenvalue weighted by molar-refractivity contribution is 0.0682. The number of carbonyl (C=O) groups is 2. The van der Waals surface area contributed by atoms with E-state index in [-0.39, 0.29) is 23.0 Å². The van der Waals surface area contributed by atoms with Gasteiger partial charge in [0, 0.05) is 21.4 Å². The molecule has 1 fully saturated rings. The molecule has 2 aromatic rings. The quantitative estimate of drug-likeness (QED) is 0.659. The number of carbonyl (C=O) groups excluding carboxylic acids is 1. The standard InChI is InChI=1S/C15H12ClNO4S/c1-22-10-6-8(16)4-5-9(10)13(18)11-12(15(19)20)17-21-14(11)7-2-3-7/h4-7H,2-3H2,1H3,(H,19,20). The van der Waals surface area contributed by atoms with E-state index in [9.17, 15) is 14.7 Å². The van der Waals surface area contributed by atoms with Gasteiger partial charge >= 0.3 is 5.97 Å². The van der Waals surface area contributed by atoms with Crippen molar-refractivity contribution >= 4 is 35.1 Å². The number of aromatic nitrogens is 1. The molecule has 1 saturated carbocycles. The zero-order chi connectivity index (χ0) is 15.9. The van der Waals surface area contributed by atoms with Crippen LogP contribution < -0.4 is 0 Å². The van der Waals surface area contributed by atoms with E-state index in [2.05, 4.69) is 5.16 Å². The van der Waals surface area contributed by atoms with Gasteiger partial charge in [-0.15, -0.1) is 11.8 Å². The maximum Gasteiger partial charge on any atom is 0.358 e. The molecule has 114 valence electrons. The van der Waals surface area contributed by atoms with Gasteiger partial charge in [-0.1, -0.05) is 16.8 Å². The fraction of sp³-hybridized carbons (Fsp3) is 0.267. The average Bonchev–Trinajstić information content (AvgIpc) is 3.24. The Hall–Kier alpha value is -1.79. The Bertz CT molecular complexity index is 767. The van der Waals surface area contributed by atoms with Gasteiger partial charge in [-0.3, -0.25) is 4.79 Å². The number of hydrogen-bond acceptors (Lipinski definition) is 5. The van der Waals surface area contributed by atoms with Crippen LogP contribution in [0.5, 0.6) is 0 Å². The molecule has 1 aliphatic rings. The average molecular weight is 338 g/mol. The van der Waals surface area contributed by atoms with Crippen LogP contribution in [0.15, 0.2) is 27.6 Å². The van der Waals surface area contributed by atoms with Crippen LogP contribution in [-0.4, -0.2) is 28.3 Å². The summed E-state index contributed by atoms with van der Waals surface area (Å²) in [6.07, 6.45) is 3.59. The van der Waals surface area contributed by atoms with Crippen molar-refractivity contribution in [2.75, 3.05) is 6.26 Å². The Kier molecular flexibility index (Phi) is 3.97. The van der Waals surface area contributed by atoms with Gasteiger partial charge in [0.1, 0.15) is 5.56 Å². The summed E-state index contributed by atoms with van der Waals surface area (Å²) in [7, 11) is 0. The number of thioether (sulfide) groups is 1. The highest BCUT2D eigenvalue weighted by atomic mass is 35.5. The van der Waals surface area contributed by atoms with Crippen LogP contribution in [0.25, 0.3) is 0 Å². The van der Waals surface area contributed by atoms with Crippen LogP contribution in [0.3, 0.4) is 0 Å². The van der Waals surface area contributed by atoms with Crippen molar-refractivity contribution in [2.24, 2.45) is 0 Å². The van der Waals surface area contributed by atoms with Gasteiger partial charge in [-0.05, 0) is 37.3 Å². The van der Waals surface area contributed by atoms with Crippen molar-refractivity contribution < 1.29 is 19.2 Å². The Balaban J connectivity index is 2.12. The van der Waals surface area contributed by atoms with Crippen molar-refractivity contribution in [3.63, 3.8) is 0 Å². The minimum absolute atomic E-state index is 0.0626. The fourth-order valence-electron chi connectivity index (χ4n) is 2.28. The number of aromatic carboxylic acids is 1. The zero-order valence-electron chi connectivity index (χ0n) is 11.6. The number of rotatable bonds is 5. The van der Waals surface area contributed by atoms with Gasteiger partial charge in [0.25, 0.3) is 0 Å². The molecule has 1 heterocycles. The fourth-order valence-corrected chi connectivity index (χ4v) is 3.14. The highest BCUT2D eigenvalue weighted by Crippen LogP contribution is 2.43. The number of hydrogen-bond donors (Lipinski definition) is 1. The molecule has 0 unspecified atom stereocenters. The molecule has 0 amide bonds. The minimum atomic E-state index is -1.27. The molecule has 1 aromatic heterocycles. The van der Waals surface area contributed by atoms with Crippen molar-refractivity contribution in [2.45, 2.75) is 23.7 Å². The van der Waals surface area contributed by atoms with Crippen LogP contribution >= 0.6 is 23.4 Å². The summed E-state index contributed by atoms with van der Waals surface area (Å²) < 4.78 is 5.14. The molecule has 0 saturated heterocycles. The van der Waals surface area contributed by atoms with Crippen LogP contribution in [0.4, 0.5) is 0 Å². The second-order valence-electron chi connectivity index (χ2n) is 5.02. The highest BCUT2D eigenvalue weighted by Gasteiger charge is 2.37. The topological polar surface area (TPSA) is 80.4 Å². The molecule has 1 aliphatic carbocycles. The van der Waals surface area contributed by atoms with Crippen molar-refractivity contribution in [3.8, 4) is 0 Å². The molecule has 0 atom stereocenters. The second kappa shape index (κ2) is 5.78. The van der Waals surface area contributed by atoms with Gasteiger partial charge in [-0.25, -0.2) is 4.79 Å². The van der Waals surface area contributed by atoms with Gasteiger partial charge in [0.2, 0.25) is 5.69 Å². The smallest absolute Gasteiger partial charge is 0.358 e. The summed E-state index contributed by atoms with van der Waals surface area (Å²) in [4.78, 5) is 24.9.